The van der Waals surface area contributed by atoms with Crippen molar-refractivity contribution in [3.63, 3.8) is 0 Å². The zero-order valence-corrected chi connectivity index (χ0v) is 10.6. The van der Waals surface area contributed by atoms with Gasteiger partial charge in [0.2, 0.25) is 0 Å². The van der Waals surface area contributed by atoms with Gasteiger partial charge in [-0.25, -0.2) is 0 Å². The Balaban J connectivity index is 2.83. The third-order valence-corrected chi connectivity index (χ3v) is 2.71. The molecule has 0 aliphatic rings. The van der Waals surface area contributed by atoms with Crippen molar-refractivity contribution < 1.29 is 14.7 Å². The van der Waals surface area contributed by atoms with E-state index in [9.17, 15) is 9.59 Å². The predicted molar refractivity (Wildman–Crippen MR) is 69.8 cm³/mol. The number of hydrogen-bond acceptors (Lipinski definition) is 3. The van der Waals surface area contributed by atoms with Crippen LogP contribution in [-0.4, -0.2) is 30.6 Å². The van der Waals surface area contributed by atoms with Crippen LogP contribution in [0.3, 0.4) is 0 Å². The van der Waals surface area contributed by atoms with E-state index in [2.05, 4.69) is 0 Å². The van der Waals surface area contributed by atoms with E-state index in [1.807, 2.05) is 31.0 Å². The summed E-state index contributed by atoms with van der Waals surface area (Å²) >= 11 is 0. The maximum absolute atomic E-state index is 11.3. The molecule has 0 spiro atoms. The molecule has 0 heterocycles. The SMILES string of the molecule is Cc1ccc(C(N)=O)c(N(C)CCCC(=O)O)c1. The lowest BCUT2D eigenvalue weighted by molar-refractivity contribution is -0.137. The fourth-order valence-electron chi connectivity index (χ4n) is 1.75. The zero-order valence-electron chi connectivity index (χ0n) is 10.6. The standard InChI is InChI=1S/C13H18N2O3/c1-9-5-6-10(13(14)18)11(8-9)15(2)7-3-4-12(16)17/h5-6,8H,3-4,7H2,1-2H3,(H2,14,18)(H,16,17). The van der Waals surface area contributed by atoms with Crippen molar-refractivity contribution in [2.75, 3.05) is 18.5 Å². The smallest absolute Gasteiger partial charge is 0.303 e. The molecule has 0 aliphatic heterocycles. The van der Waals surface area contributed by atoms with E-state index in [0.29, 0.717) is 18.5 Å². The van der Waals surface area contributed by atoms with Crippen LogP contribution in [0.4, 0.5) is 5.69 Å². The molecule has 5 heteroatoms. The highest BCUT2D eigenvalue weighted by Gasteiger charge is 2.12. The van der Waals surface area contributed by atoms with Gasteiger partial charge in [-0.3, -0.25) is 9.59 Å². The summed E-state index contributed by atoms with van der Waals surface area (Å²) in [5.41, 5.74) is 7.55. The number of carbonyl (C=O) groups is 2. The van der Waals surface area contributed by atoms with Crippen molar-refractivity contribution in [2.24, 2.45) is 5.73 Å². The fraction of sp³-hybridized carbons (Fsp3) is 0.385. The Bertz CT molecular complexity index is 458. The number of carboxylic acid groups (broad SMARTS) is 1. The van der Waals surface area contributed by atoms with Crippen LogP contribution in [0.5, 0.6) is 0 Å². The summed E-state index contributed by atoms with van der Waals surface area (Å²) in [7, 11) is 1.82. The largest absolute Gasteiger partial charge is 0.481 e. The van der Waals surface area contributed by atoms with E-state index in [1.165, 1.54) is 0 Å². The average Bonchev–Trinajstić information content (AvgIpc) is 2.27. The van der Waals surface area contributed by atoms with E-state index < -0.39 is 11.9 Å². The van der Waals surface area contributed by atoms with Crippen LogP contribution in [-0.2, 0) is 4.79 Å². The van der Waals surface area contributed by atoms with Gasteiger partial charge >= 0.3 is 5.97 Å². The van der Waals surface area contributed by atoms with Crippen molar-refractivity contribution >= 4 is 17.6 Å². The van der Waals surface area contributed by atoms with Gasteiger partial charge in [0.15, 0.2) is 0 Å². The van der Waals surface area contributed by atoms with Crippen molar-refractivity contribution in [1.29, 1.82) is 0 Å². The van der Waals surface area contributed by atoms with E-state index in [-0.39, 0.29) is 6.42 Å². The Morgan fingerprint density at radius 1 is 1.39 bits per heavy atom. The van der Waals surface area contributed by atoms with Crippen LogP contribution in [0.2, 0.25) is 0 Å². The van der Waals surface area contributed by atoms with Crippen molar-refractivity contribution in [3.8, 4) is 0 Å². The van der Waals surface area contributed by atoms with Crippen LogP contribution in [0, 0.1) is 6.92 Å². The molecule has 18 heavy (non-hydrogen) atoms. The number of aliphatic carboxylic acids is 1. The van der Waals surface area contributed by atoms with E-state index in [1.54, 1.807) is 6.07 Å². The quantitative estimate of drug-likeness (QED) is 0.799. The Morgan fingerprint density at radius 3 is 2.61 bits per heavy atom. The molecule has 98 valence electrons. The van der Waals surface area contributed by atoms with Crippen LogP contribution < -0.4 is 10.6 Å². The summed E-state index contributed by atoms with van der Waals surface area (Å²) in [4.78, 5) is 23.6. The molecule has 1 amide bonds. The molecule has 0 aromatic heterocycles. The number of hydrogen-bond donors (Lipinski definition) is 2. The molecule has 3 N–H and O–H groups in total. The van der Waals surface area contributed by atoms with Crippen LogP contribution in [0.25, 0.3) is 0 Å². The summed E-state index contributed by atoms with van der Waals surface area (Å²) in [6, 6.07) is 5.40. The minimum absolute atomic E-state index is 0.113. The van der Waals surface area contributed by atoms with Gasteiger partial charge in [0.25, 0.3) is 5.91 Å². The van der Waals surface area contributed by atoms with Gasteiger partial charge in [-0.2, -0.15) is 0 Å². The van der Waals surface area contributed by atoms with E-state index >= 15 is 0 Å². The summed E-state index contributed by atoms with van der Waals surface area (Å²) in [6.07, 6.45) is 0.639. The molecule has 0 saturated carbocycles. The molecule has 1 aromatic rings. The van der Waals surface area contributed by atoms with Gasteiger partial charge in [0.05, 0.1) is 5.56 Å². The lowest BCUT2D eigenvalue weighted by Crippen LogP contribution is -2.24. The first-order valence-electron chi connectivity index (χ1n) is 5.75. The number of nitrogens with two attached hydrogens (primary N) is 1. The molecule has 0 bridgehead atoms. The number of anilines is 1. The molecule has 0 aliphatic carbocycles. The number of primary amides is 1. The number of benzene rings is 1. The summed E-state index contributed by atoms with van der Waals surface area (Å²) < 4.78 is 0. The number of amides is 1. The number of rotatable bonds is 6. The Kier molecular flexibility index (Phi) is 4.71. The van der Waals surface area contributed by atoms with Crippen LogP contribution >= 0.6 is 0 Å². The fourth-order valence-corrected chi connectivity index (χ4v) is 1.75. The first-order valence-corrected chi connectivity index (χ1v) is 5.75. The van der Waals surface area contributed by atoms with Gasteiger partial charge in [-0.05, 0) is 31.0 Å². The molecule has 0 radical (unpaired) electrons. The van der Waals surface area contributed by atoms with Crippen LogP contribution in [0.1, 0.15) is 28.8 Å². The molecule has 1 aromatic carbocycles. The number of carboxylic acids is 1. The topological polar surface area (TPSA) is 83.6 Å². The second-order valence-corrected chi connectivity index (χ2v) is 4.30. The predicted octanol–water partition coefficient (Wildman–Crippen LogP) is 1.39. The average molecular weight is 250 g/mol. The van der Waals surface area contributed by atoms with Gasteiger partial charge in [0.1, 0.15) is 0 Å². The molecular weight excluding hydrogens is 232 g/mol. The highest BCUT2D eigenvalue weighted by atomic mass is 16.4. The summed E-state index contributed by atoms with van der Waals surface area (Å²) in [6.45, 7) is 2.50. The van der Waals surface area contributed by atoms with Crippen molar-refractivity contribution in [2.45, 2.75) is 19.8 Å². The van der Waals surface area contributed by atoms with E-state index in [0.717, 1.165) is 11.3 Å². The molecule has 0 unspecified atom stereocenters. The highest BCUT2D eigenvalue weighted by molar-refractivity contribution is 5.98. The third-order valence-electron chi connectivity index (χ3n) is 2.71. The monoisotopic (exact) mass is 250 g/mol. The lowest BCUT2D eigenvalue weighted by atomic mass is 10.1. The Labute approximate surface area is 106 Å². The molecule has 0 saturated heterocycles. The minimum atomic E-state index is -0.817. The number of nitrogens with zero attached hydrogens (tertiary/aromatic N) is 1. The van der Waals surface area contributed by atoms with Crippen LogP contribution in [0.15, 0.2) is 18.2 Å². The molecule has 5 nitrogen and oxygen atoms in total. The maximum Gasteiger partial charge on any atom is 0.303 e. The summed E-state index contributed by atoms with van der Waals surface area (Å²) in [5, 5.41) is 8.59. The molecular formula is C13H18N2O3. The second kappa shape index (κ2) is 6.05. The lowest BCUT2D eigenvalue weighted by Gasteiger charge is -2.21. The number of aryl methyl sites for hydroxylation is 1. The van der Waals surface area contributed by atoms with E-state index in [4.69, 9.17) is 10.8 Å². The van der Waals surface area contributed by atoms with Gasteiger partial charge in [-0.15, -0.1) is 0 Å². The second-order valence-electron chi connectivity index (χ2n) is 4.30. The van der Waals surface area contributed by atoms with Gasteiger partial charge in [0, 0.05) is 25.7 Å². The zero-order chi connectivity index (χ0) is 13.7. The highest BCUT2D eigenvalue weighted by Crippen LogP contribution is 2.21. The molecule has 0 atom stereocenters. The normalized spacial score (nSPS) is 10.1. The van der Waals surface area contributed by atoms with Crippen molar-refractivity contribution in [3.05, 3.63) is 29.3 Å². The van der Waals surface area contributed by atoms with Crippen molar-refractivity contribution in [1.82, 2.24) is 0 Å². The van der Waals surface area contributed by atoms with Gasteiger partial charge in [-0.1, -0.05) is 6.07 Å². The summed E-state index contributed by atoms with van der Waals surface area (Å²) in [5.74, 6) is -1.29. The first-order chi connectivity index (χ1) is 8.41. The maximum atomic E-state index is 11.3. The molecule has 1 rings (SSSR count). The number of carbonyl (C=O) groups excluding carboxylic acids is 1. The first kappa shape index (κ1) is 14.0. The minimum Gasteiger partial charge on any atom is -0.481 e. The Hall–Kier alpha value is -2.04. The van der Waals surface area contributed by atoms with Gasteiger partial charge < -0.3 is 15.7 Å². The third kappa shape index (κ3) is 3.76. The Morgan fingerprint density at radius 2 is 2.06 bits per heavy atom. The molecule has 0 fully saturated rings.